The summed E-state index contributed by atoms with van der Waals surface area (Å²) >= 11 is 4.31. The molecule has 0 aliphatic carbocycles. The van der Waals surface area contributed by atoms with Crippen LogP contribution in [0.4, 0.5) is 24.7 Å². The standard InChI is InChI=1S/C25H30F3N5O2.C5H11NS.C2H3N.C2H6/c1-4-7-17-8-6-9-20(22(17)25(26,27)28)33-11-10-18-19(16-33)29-24(35-3)30-23(18)32-14-12-31(13-15-32)21(34)5-2;1-6-3-2-5(7)4-6;1-2-3;1-2/h5-6,8-9H,2,4,7,10-16H2,1,3H3;5,7H,2-4H2,1H3;1H3;1-2H3. The summed E-state index contributed by atoms with van der Waals surface area (Å²) in [6, 6.07) is 6.73. The SMILES string of the molecule is C=CC(=O)N1CCN(c2nc(OC)nc3c2CCN(c2cccc(CCC)c2C(F)(F)F)C3)CC1.CC.CC#N.CN1CCC(S)C1. The fourth-order valence-corrected chi connectivity index (χ4v) is 6.18. The average Bonchev–Trinajstić information content (AvgIpc) is 3.46. The van der Waals surface area contributed by atoms with Crippen LogP contribution in [0.25, 0.3) is 0 Å². The number of hydrogen-bond donors (Lipinski definition) is 1. The number of rotatable bonds is 6. The molecular weight excluding hydrogens is 627 g/mol. The number of amides is 1. The highest BCUT2D eigenvalue weighted by molar-refractivity contribution is 7.81. The normalized spacial score (nSPS) is 17.5. The molecule has 47 heavy (non-hydrogen) atoms. The first-order valence-corrected chi connectivity index (χ1v) is 16.7. The van der Waals surface area contributed by atoms with Crippen molar-refractivity contribution in [2.75, 3.05) is 69.8 Å². The van der Waals surface area contributed by atoms with Gasteiger partial charge in [0.25, 0.3) is 0 Å². The van der Waals surface area contributed by atoms with Crippen molar-refractivity contribution < 1.29 is 22.7 Å². The van der Waals surface area contributed by atoms with Crippen molar-refractivity contribution in [2.45, 2.75) is 71.3 Å². The molecule has 1 unspecified atom stereocenters. The molecule has 4 heterocycles. The lowest BCUT2D eigenvalue weighted by Gasteiger charge is -2.38. The number of methoxy groups -OCH3 is 1. The molecule has 9 nitrogen and oxygen atoms in total. The van der Waals surface area contributed by atoms with E-state index in [0.717, 1.165) is 11.4 Å². The molecule has 3 aliphatic heterocycles. The van der Waals surface area contributed by atoms with Gasteiger partial charge in [0.2, 0.25) is 5.91 Å². The van der Waals surface area contributed by atoms with E-state index >= 15 is 0 Å². The molecule has 1 aromatic heterocycles. The first kappa shape index (κ1) is 39.7. The van der Waals surface area contributed by atoms with E-state index in [1.54, 1.807) is 34.1 Å². The number of carbonyl (C=O) groups excluding carboxylic acids is 1. The monoisotopic (exact) mass is 677 g/mol. The summed E-state index contributed by atoms with van der Waals surface area (Å²) in [5.74, 6) is 0.626. The van der Waals surface area contributed by atoms with Gasteiger partial charge >= 0.3 is 12.2 Å². The lowest BCUT2D eigenvalue weighted by atomic mass is 9.97. The van der Waals surface area contributed by atoms with Crippen molar-refractivity contribution in [3.63, 3.8) is 0 Å². The predicted octanol–water partition coefficient (Wildman–Crippen LogP) is 6.03. The Morgan fingerprint density at radius 2 is 1.81 bits per heavy atom. The summed E-state index contributed by atoms with van der Waals surface area (Å²) in [6.07, 6.45) is -0.360. The third kappa shape index (κ3) is 11.0. The minimum atomic E-state index is -4.45. The number of carbonyl (C=O) groups is 1. The summed E-state index contributed by atoms with van der Waals surface area (Å²) in [5, 5.41) is 7.96. The average molecular weight is 678 g/mol. The number of benzene rings is 1. The molecule has 1 atom stereocenters. The molecule has 0 bridgehead atoms. The minimum Gasteiger partial charge on any atom is -0.467 e. The Balaban J connectivity index is 0.000000545. The molecule has 260 valence electrons. The number of fused-ring (bicyclic) bond motifs is 1. The van der Waals surface area contributed by atoms with E-state index < -0.39 is 11.7 Å². The van der Waals surface area contributed by atoms with Gasteiger partial charge in [-0.3, -0.25) is 4.79 Å². The van der Waals surface area contributed by atoms with Crippen molar-refractivity contribution in [3.05, 3.63) is 53.2 Å². The fourth-order valence-electron chi connectivity index (χ4n) is 5.78. The second kappa shape index (κ2) is 19.4. The maximum atomic E-state index is 14.1. The number of piperazine rings is 1. The summed E-state index contributed by atoms with van der Waals surface area (Å²) in [6.45, 7) is 16.2. The second-order valence-electron chi connectivity index (χ2n) is 11.1. The van der Waals surface area contributed by atoms with Crippen LogP contribution >= 0.6 is 12.6 Å². The molecule has 1 aromatic carbocycles. The van der Waals surface area contributed by atoms with Crippen LogP contribution in [-0.4, -0.2) is 90.9 Å². The third-order valence-electron chi connectivity index (χ3n) is 7.91. The molecule has 0 saturated carbocycles. The van der Waals surface area contributed by atoms with Gasteiger partial charge in [0.1, 0.15) is 5.82 Å². The number of hydrogen-bond acceptors (Lipinski definition) is 9. The fraction of sp³-hybridized carbons (Fsp3) is 0.588. The van der Waals surface area contributed by atoms with Gasteiger partial charge < -0.3 is 24.3 Å². The van der Waals surface area contributed by atoms with Gasteiger partial charge in [-0.1, -0.05) is 45.9 Å². The lowest BCUT2D eigenvalue weighted by Crippen LogP contribution is -2.49. The zero-order valence-corrected chi connectivity index (χ0v) is 29.5. The number of aromatic nitrogens is 2. The van der Waals surface area contributed by atoms with Crippen LogP contribution < -0.4 is 14.5 Å². The number of alkyl halides is 3. The Morgan fingerprint density at radius 1 is 1.15 bits per heavy atom. The number of ether oxygens (including phenoxy) is 1. The van der Waals surface area contributed by atoms with E-state index in [0.29, 0.717) is 68.5 Å². The summed E-state index contributed by atoms with van der Waals surface area (Å²) in [4.78, 5) is 28.9. The van der Waals surface area contributed by atoms with Crippen molar-refractivity contribution >= 4 is 30.0 Å². The Kier molecular flexibility index (Phi) is 16.3. The second-order valence-corrected chi connectivity index (χ2v) is 11.9. The van der Waals surface area contributed by atoms with Crippen molar-refractivity contribution in [1.29, 1.82) is 5.26 Å². The van der Waals surface area contributed by atoms with Crippen LogP contribution in [0.1, 0.15) is 62.9 Å². The third-order valence-corrected chi connectivity index (χ3v) is 8.33. The molecule has 0 N–H and O–H groups in total. The van der Waals surface area contributed by atoms with E-state index in [-0.39, 0.29) is 24.1 Å². The quantitative estimate of drug-likeness (QED) is 0.293. The van der Waals surface area contributed by atoms with Gasteiger partial charge in [0.15, 0.2) is 0 Å². The molecule has 2 saturated heterocycles. The summed E-state index contributed by atoms with van der Waals surface area (Å²) < 4.78 is 47.7. The summed E-state index contributed by atoms with van der Waals surface area (Å²) in [5.41, 5.74) is 1.52. The highest BCUT2D eigenvalue weighted by Gasteiger charge is 2.38. The topological polar surface area (TPSA) is 88.8 Å². The maximum Gasteiger partial charge on any atom is 0.418 e. The zero-order valence-electron chi connectivity index (χ0n) is 28.6. The van der Waals surface area contributed by atoms with Gasteiger partial charge in [-0.15, -0.1) is 0 Å². The van der Waals surface area contributed by atoms with E-state index in [2.05, 4.69) is 46.0 Å². The zero-order chi connectivity index (χ0) is 35.1. The molecule has 5 rings (SSSR count). The Morgan fingerprint density at radius 3 is 2.30 bits per heavy atom. The van der Waals surface area contributed by atoms with E-state index in [9.17, 15) is 18.0 Å². The number of nitrogens with zero attached hydrogens (tertiary/aromatic N) is 7. The van der Waals surface area contributed by atoms with Crippen molar-refractivity contribution in [2.24, 2.45) is 0 Å². The molecule has 0 spiro atoms. The Bertz CT molecular complexity index is 1340. The number of halogens is 3. The summed E-state index contributed by atoms with van der Waals surface area (Å²) in [7, 11) is 3.61. The molecule has 1 amide bonds. The van der Waals surface area contributed by atoms with Gasteiger partial charge in [0, 0.05) is 62.7 Å². The van der Waals surface area contributed by atoms with Gasteiger partial charge in [0.05, 0.1) is 31.0 Å². The van der Waals surface area contributed by atoms with Crippen LogP contribution in [0.3, 0.4) is 0 Å². The molecule has 3 aliphatic rings. The predicted molar refractivity (Wildman–Crippen MR) is 185 cm³/mol. The van der Waals surface area contributed by atoms with Crippen LogP contribution in [0.2, 0.25) is 0 Å². The van der Waals surface area contributed by atoms with Crippen LogP contribution in [0.5, 0.6) is 6.01 Å². The first-order chi connectivity index (χ1) is 22.5. The smallest absolute Gasteiger partial charge is 0.418 e. The van der Waals surface area contributed by atoms with Gasteiger partial charge in [-0.25, -0.2) is 0 Å². The first-order valence-electron chi connectivity index (χ1n) is 16.2. The largest absolute Gasteiger partial charge is 0.467 e. The Hall–Kier alpha value is -3.50. The Labute approximate surface area is 283 Å². The lowest BCUT2D eigenvalue weighted by molar-refractivity contribution is -0.137. The van der Waals surface area contributed by atoms with Crippen LogP contribution in [0.15, 0.2) is 30.9 Å². The highest BCUT2D eigenvalue weighted by atomic mass is 32.1. The number of nitriles is 1. The number of aryl methyl sites for hydroxylation is 1. The number of anilines is 2. The van der Waals surface area contributed by atoms with E-state index in [4.69, 9.17) is 10.00 Å². The van der Waals surface area contributed by atoms with Gasteiger partial charge in [-0.05, 0) is 50.6 Å². The molecule has 2 fully saturated rings. The molecular formula is C34H50F3N7O2S. The number of likely N-dealkylation sites (tertiary alicyclic amines) is 1. The number of thiol groups is 1. The van der Waals surface area contributed by atoms with Crippen LogP contribution in [0, 0.1) is 11.3 Å². The molecule has 2 aromatic rings. The highest BCUT2D eigenvalue weighted by Crippen LogP contribution is 2.41. The molecule has 0 radical (unpaired) electrons. The maximum absolute atomic E-state index is 14.1. The van der Waals surface area contributed by atoms with Crippen molar-refractivity contribution in [1.82, 2.24) is 19.8 Å². The van der Waals surface area contributed by atoms with Crippen molar-refractivity contribution in [3.8, 4) is 12.1 Å². The van der Waals surface area contributed by atoms with Crippen LogP contribution in [-0.2, 0) is 30.4 Å². The van der Waals surface area contributed by atoms with E-state index in [1.807, 2.05) is 20.8 Å². The van der Waals surface area contributed by atoms with E-state index in [1.165, 1.54) is 39.6 Å². The van der Waals surface area contributed by atoms with Gasteiger partial charge in [-0.2, -0.15) is 41.0 Å². The molecule has 13 heteroatoms. The minimum absolute atomic E-state index is 0.103.